The molecule has 0 aliphatic heterocycles. The summed E-state index contributed by atoms with van der Waals surface area (Å²) in [5.74, 6) is -0.836. The van der Waals surface area contributed by atoms with Crippen molar-refractivity contribution in [2.24, 2.45) is 0 Å². The van der Waals surface area contributed by atoms with Gasteiger partial charge in [0.25, 0.3) is 11.8 Å². The largest absolute Gasteiger partial charge is 0.399 e. The van der Waals surface area contributed by atoms with Crippen LogP contribution in [0, 0.1) is 0 Å². The van der Waals surface area contributed by atoms with E-state index in [0.717, 1.165) is 5.69 Å². The molecule has 0 saturated heterocycles. The van der Waals surface area contributed by atoms with Gasteiger partial charge < -0.3 is 16.8 Å². The molecule has 0 spiro atoms. The number of para-hydroxylation sites is 1. The molecule has 7 N–H and O–H groups in total. The standard InChI is InChI=1S/C23H20N8O2/c24-16-10-6-14(7-11-16)19(32)27-22-29-21(26-18-4-2-1-3-5-18)30-23(31-22)28-20(33)15-8-12-17(25)13-9-15/h1-13H,24-25H2,(H3,26,27,28,29,30,31,32,33). The molecule has 2 amide bonds. The number of nitrogen functional groups attached to an aromatic ring is 2. The zero-order chi connectivity index (χ0) is 23.2. The van der Waals surface area contributed by atoms with Gasteiger partial charge in [0.15, 0.2) is 0 Å². The first-order chi connectivity index (χ1) is 16.0. The Bertz CT molecular complexity index is 1200. The van der Waals surface area contributed by atoms with Crippen molar-refractivity contribution in [1.29, 1.82) is 0 Å². The molecule has 0 aliphatic carbocycles. The molecule has 0 saturated carbocycles. The summed E-state index contributed by atoms with van der Waals surface area (Å²) < 4.78 is 0. The predicted molar refractivity (Wildman–Crippen MR) is 127 cm³/mol. The molecule has 1 aromatic heterocycles. The molecule has 1 heterocycles. The lowest BCUT2D eigenvalue weighted by molar-refractivity contribution is 0.101. The van der Waals surface area contributed by atoms with Crippen molar-refractivity contribution in [3.8, 4) is 0 Å². The Morgan fingerprint density at radius 2 is 1.00 bits per heavy atom. The predicted octanol–water partition coefficient (Wildman–Crippen LogP) is 3.28. The van der Waals surface area contributed by atoms with Crippen LogP contribution in [0.4, 0.5) is 34.9 Å². The highest BCUT2D eigenvalue weighted by atomic mass is 16.2. The number of hydrogen-bond donors (Lipinski definition) is 5. The lowest BCUT2D eigenvalue weighted by atomic mass is 10.2. The van der Waals surface area contributed by atoms with Crippen molar-refractivity contribution in [3.63, 3.8) is 0 Å². The first-order valence-corrected chi connectivity index (χ1v) is 9.88. The highest BCUT2D eigenvalue weighted by Gasteiger charge is 2.14. The number of anilines is 6. The van der Waals surface area contributed by atoms with E-state index in [1.54, 1.807) is 48.5 Å². The fourth-order valence-corrected chi connectivity index (χ4v) is 2.81. The number of carbonyl (C=O) groups excluding carboxylic acids is 2. The average Bonchev–Trinajstić information content (AvgIpc) is 2.80. The highest BCUT2D eigenvalue weighted by Crippen LogP contribution is 2.17. The molecule has 0 atom stereocenters. The van der Waals surface area contributed by atoms with E-state index >= 15 is 0 Å². The third-order valence-electron chi connectivity index (χ3n) is 4.46. The minimum atomic E-state index is -0.442. The molecular formula is C23H20N8O2. The van der Waals surface area contributed by atoms with Gasteiger partial charge in [-0.3, -0.25) is 20.2 Å². The summed E-state index contributed by atoms with van der Waals surface area (Å²) in [5, 5.41) is 8.26. The van der Waals surface area contributed by atoms with Crippen LogP contribution >= 0.6 is 0 Å². The van der Waals surface area contributed by atoms with E-state index < -0.39 is 11.8 Å². The van der Waals surface area contributed by atoms with Gasteiger partial charge in [-0.25, -0.2) is 0 Å². The zero-order valence-electron chi connectivity index (χ0n) is 17.3. The Morgan fingerprint density at radius 1 is 0.576 bits per heavy atom. The molecule has 0 aliphatic rings. The van der Waals surface area contributed by atoms with Crippen LogP contribution in [0.3, 0.4) is 0 Å². The zero-order valence-corrected chi connectivity index (χ0v) is 17.3. The summed E-state index contributed by atoms with van der Waals surface area (Å²) in [4.78, 5) is 37.9. The second-order valence-corrected chi connectivity index (χ2v) is 6.95. The number of carbonyl (C=O) groups is 2. The van der Waals surface area contributed by atoms with Crippen LogP contribution in [0.2, 0.25) is 0 Å². The number of nitrogens with zero attached hydrogens (tertiary/aromatic N) is 3. The third kappa shape index (κ3) is 5.58. The van der Waals surface area contributed by atoms with Crippen LogP contribution in [0.1, 0.15) is 20.7 Å². The highest BCUT2D eigenvalue weighted by molar-refractivity contribution is 6.05. The number of amides is 2. The Labute approximate surface area is 189 Å². The second kappa shape index (κ2) is 9.43. The quantitative estimate of drug-likeness (QED) is 0.285. The van der Waals surface area contributed by atoms with E-state index in [9.17, 15) is 9.59 Å². The molecule has 10 heteroatoms. The van der Waals surface area contributed by atoms with Gasteiger partial charge in [0, 0.05) is 28.2 Å². The number of nitrogens with one attached hydrogen (secondary N) is 3. The summed E-state index contributed by atoms with van der Waals surface area (Å²) in [7, 11) is 0. The smallest absolute Gasteiger partial charge is 0.258 e. The normalized spacial score (nSPS) is 10.3. The maximum absolute atomic E-state index is 12.6. The van der Waals surface area contributed by atoms with E-state index in [-0.39, 0.29) is 17.8 Å². The number of benzene rings is 3. The van der Waals surface area contributed by atoms with Gasteiger partial charge in [0.2, 0.25) is 17.8 Å². The van der Waals surface area contributed by atoms with Gasteiger partial charge in [0.05, 0.1) is 0 Å². The van der Waals surface area contributed by atoms with Gasteiger partial charge in [-0.15, -0.1) is 0 Å². The molecule has 4 rings (SSSR count). The van der Waals surface area contributed by atoms with E-state index in [0.29, 0.717) is 22.5 Å². The van der Waals surface area contributed by atoms with Crippen LogP contribution in [-0.4, -0.2) is 26.8 Å². The van der Waals surface area contributed by atoms with E-state index in [1.165, 1.54) is 0 Å². The minimum absolute atomic E-state index is 0.0436. The third-order valence-corrected chi connectivity index (χ3v) is 4.46. The van der Waals surface area contributed by atoms with E-state index in [2.05, 4.69) is 30.9 Å². The molecule has 0 radical (unpaired) electrons. The average molecular weight is 440 g/mol. The van der Waals surface area contributed by atoms with Crippen molar-refractivity contribution in [3.05, 3.63) is 90.0 Å². The summed E-state index contributed by atoms with van der Waals surface area (Å²) >= 11 is 0. The molecule has 33 heavy (non-hydrogen) atoms. The Morgan fingerprint density at radius 3 is 1.45 bits per heavy atom. The van der Waals surface area contributed by atoms with Crippen LogP contribution in [0.25, 0.3) is 0 Å². The molecule has 0 unspecified atom stereocenters. The number of rotatable bonds is 6. The van der Waals surface area contributed by atoms with Crippen molar-refractivity contribution in [1.82, 2.24) is 15.0 Å². The van der Waals surface area contributed by atoms with Crippen molar-refractivity contribution in [2.75, 3.05) is 27.4 Å². The lowest BCUT2D eigenvalue weighted by Crippen LogP contribution is -2.19. The lowest BCUT2D eigenvalue weighted by Gasteiger charge is -2.11. The summed E-state index contributed by atoms with van der Waals surface area (Å²) in [6.45, 7) is 0. The monoisotopic (exact) mass is 440 g/mol. The maximum atomic E-state index is 12.6. The number of nitrogens with two attached hydrogens (primary N) is 2. The summed E-state index contributed by atoms with van der Waals surface area (Å²) in [5.41, 5.74) is 13.9. The van der Waals surface area contributed by atoms with Crippen LogP contribution in [0.15, 0.2) is 78.9 Å². The second-order valence-electron chi connectivity index (χ2n) is 6.95. The summed E-state index contributed by atoms with van der Waals surface area (Å²) in [6, 6.07) is 22.0. The molecular weight excluding hydrogens is 420 g/mol. The van der Waals surface area contributed by atoms with E-state index in [4.69, 9.17) is 11.5 Å². The van der Waals surface area contributed by atoms with Gasteiger partial charge in [0.1, 0.15) is 0 Å². The molecule has 4 aromatic rings. The molecule has 0 fully saturated rings. The van der Waals surface area contributed by atoms with E-state index in [1.807, 2.05) is 30.3 Å². The van der Waals surface area contributed by atoms with Gasteiger partial charge >= 0.3 is 0 Å². The number of aromatic nitrogens is 3. The Hall–Kier alpha value is -4.99. The van der Waals surface area contributed by atoms with Gasteiger partial charge in [-0.05, 0) is 60.7 Å². The van der Waals surface area contributed by atoms with Crippen LogP contribution < -0.4 is 27.4 Å². The maximum Gasteiger partial charge on any atom is 0.258 e. The SMILES string of the molecule is Nc1ccc(C(=O)Nc2nc(NC(=O)c3ccc(N)cc3)nc(Nc3ccccc3)n2)cc1. The number of hydrogen-bond acceptors (Lipinski definition) is 8. The fourth-order valence-electron chi connectivity index (χ4n) is 2.81. The van der Waals surface area contributed by atoms with Crippen molar-refractivity contribution >= 4 is 46.7 Å². The molecule has 0 bridgehead atoms. The van der Waals surface area contributed by atoms with Crippen molar-refractivity contribution in [2.45, 2.75) is 0 Å². The fraction of sp³-hybridized carbons (Fsp3) is 0. The molecule has 3 aromatic carbocycles. The van der Waals surface area contributed by atoms with Crippen molar-refractivity contribution < 1.29 is 9.59 Å². The first-order valence-electron chi connectivity index (χ1n) is 9.88. The van der Waals surface area contributed by atoms with Crippen LogP contribution in [0.5, 0.6) is 0 Å². The van der Waals surface area contributed by atoms with Gasteiger partial charge in [-0.2, -0.15) is 15.0 Å². The molecule has 164 valence electrons. The van der Waals surface area contributed by atoms with Crippen LogP contribution in [-0.2, 0) is 0 Å². The Balaban J connectivity index is 1.61. The minimum Gasteiger partial charge on any atom is -0.399 e. The first kappa shape index (κ1) is 21.2. The topological polar surface area (TPSA) is 161 Å². The van der Waals surface area contributed by atoms with Gasteiger partial charge in [-0.1, -0.05) is 18.2 Å². The summed E-state index contributed by atoms with van der Waals surface area (Å²) in [6.07, 6.45) is 0. The molecule has 10 nitrogen and oxygen atoms in total. The Kier molecular flexibility index (Phi) is 6.08.